The van der Waals surface area contributed by atoms with E-state index in [1.807, 2.05) is 30.3 Å². The fourth-order valence-electron chi connectivity index (χ4n) is 2.42. The molecule has 144 valence electrons. The van der Waals surface area contributed by atoms with Crippen LogP contribution in [-0.2, 0) is 22.5 Å². The van der Waals surface area contributed by atoms with Gasteiger partial charge in [-0.25, -0.2) is 9.18 Å². The van der Waals surface area contributed by atoms with Gasteiger partial charge in [-0.1, -0.05) is 42.5 Å². The molecule has 6 heteroatoms. The Balaban J connectivity index is 2.06. The van der Waals surface area contributed by atoms with Gasteiger partial charge < -0.3 is 15.4 Å². The Morgan fingerprint density at radius 2 is 1.63 bits per heavy atom. The highest BCUT2D eigenvalue weighted by Gasteiger charge is 2.24. The number of nitrogens with one attached hydrogen (secondary N) is 2. The molecule has 0 radical (unpaired) electrons. The summed E-state index contributed by atoms with van der Waals surface area (Å²) in [4.78, 5) is 24.8. The zero-order chi connectivity index (χ0) is 19.9. The van der Waals surface area contributed by atoms with E-state index in [0.29, 0.717) is 6.54 Å². The Labute approximate surface area is 158 Å². The molecule has 27 heavy (non-hydrogen) atoms. The van der Waals surface area contributed by atoms with Crippen LogP contribution < -0.4 is 10.6 Å². The summed E-state index contributed by atoms with van der Waals surface area (Å²) in [6.45, 7) is 5.58. The quantitative estimate of drug-likeness (QED) is 0.814. The smallest absolute Gasteiger partial charge is 0.408 e. The minimum absolute atomic E-state index is 0.222. The predicted molar refractivity (Wildman–Crippen MR) is 102 cm³/mol. The van der Waals surface area contributed by atoms with Crippen LogP contribution in [0.3, 0.4) is 0 Å². The third-order valence-corrected chi connectivity index (χ3v) is 3.67. The Morgan fingerprint density at radius 1 is 1.00 bits per heavy atom. The van der Waals surface area contributed by atoms with Crippen molar-refractivity contribution in [3.05, 3.63) is 71.5 Å². The first-order valence-electron chi connectivity index (χ1n) is 8.78. The number of ether oxygens (including phenoxy) is 1. The van der Waals surface area contributed by atoms with E-state index in [-0.39, 0.29) is 18.1 Å². The Bertz CT molecular complexity index is 755. The summed E-state index contributed by atoms with van der Waals surface area (Å²) in [7, 11) is 0. The largest absolute Gasteiger partial charge is 0.444 e. The second-order valence-electron chi connectivity index (χ2n) is 7.23. The van der Waals surface area contributed by atoms with Crippen LogP contribution in [0.15, 0.2) is 54.6 Å². The molecular formula is C21H25FN2O3. The van der Waals surface area contributed by atoms with Crippen LogP contribution in [0.5, 0.6) is 0 Å². The van der Waals surface area contributed by atoms with Gasteiger partial charge in [0.25, 0.3) is 0 Å². The molecule has 0 aliphatic heterocycles. The van der Waals surface area contributed by atoms with E-state index >= 15 is 0 Å². The molecule has 0 saturated heterocycles. The second-order valence-corrected chi connectivity index (χ2v) is 7.23. The molecular weight excluding hydrogens is 347 g/mol. The lowest BCUT2D eigenvalue weighted by Crippen LogP contribution is -2.49. The van der Waals surface area contributed by atoms with Gasteiger partial charge in [-0.2, -0.15) is 0 Å². The van der Waals surface area contributed by atoms with Crippen LogP contribution in [0.1, 0.15) is 31.9 Å². The van der Waals surface area contributed by atoms with Gasteiger partial charge in [0.1, 0.15) is 17.5 Å². The van der Waals surface area contributed by atoms with Crippen LogP contribution in [0.4, 0.5) is 9.18 Å². The van der Waals surface area contributed by atoms with Crippen molar-refractivity contribution in [2.45, 2.75) is 45.4 Å². The fourth-order valence-corrected chi connectivity index (χ4v) is 2.42. The second kappa shape index (κ2) is 9.16. The number of alkyl carbamates (subject to hydrolysis) is 1. The first-order valence-corrected chi connectivity index (χ1v) is 8.78. The average Bonchev–Trinajstić information content (AvgIpc) is 2.60. The van der Waals surface area contributed by atoms with Crippen LogP contribution in [-0.4, -0.2) is 23.6 Å². The molecule has 5 nitrogen and oxygen atoms in total. The third kappa shape index (κ3) is 7.48. The first kappa shape index (κ1) is 20.4. The highest BCUT2D eigenvalue weighted by Crippen LogP contribution is 2.10. The summed E-state index contributed by atoms with van der Waals surface area (Å²) >= 11 is 0. The molecule has 0 saturated carbocycles. The molecule has 1 unspecified atom stereocenters. The van der Waals surface area contributed by atoms with Gasteiger partial charge in [-0.3, -0.25) is 4.79 Å². The number of rotatable bonds is 6. The summed E-state index contributed by atoms with van der Waals surface area (Å²) in [6, 6.07) is 14.4. The number of hydrogen-bond donors (Lipinski definition) is 2. The molecule has 0 aliphatic rings. The number of benzene rings is 2. The van der Waals surface area contributed by atoms with Crippen molar-refractivity contribution in [2.24, 2.45) is 0 Å². The maximum absolute atomic E-state index is 13.1. The predicted octanol–water partition coefficient (Wildman–Crippen LogP) is 3.58. The maximum atomic E-state index is 13.1. The molecule has 0 aliphatic carbocycles. The molecule has 2 rings (SSSR count). The number of carbonyl (C=O) groups is 2. The van der Waals surface area contributed by atoms with Crippen LogP contribution in [0.2, 0.25) is 0 Å². The van der Waals surface area contributed by atoms with Crippen LogP contribution >= 0.6 is 0 Å². The van der Waals surface area contributed by atoms with E-state index < -0.39 is 17.7 Å². The van der Waals surface area contributed by atoms with E-state index in [2.05, 4.69) is 10.6 Å². The summed E-state index contributed by atoms with van der Waals surface area (Å²) in [5, 5.41) is 5.42. The van der Waals surface area contributed by atoms with Gasteiger partial charge in [0.2, 0.25) is 5.91 Å². The van der Waals surface area contributed by atoms with Crippen molar-refractivity contribution in [1.29, 1.82) is 0 Å². The molecule has 2 aromatic carbocycles. The van der Waals surface area contributed by atoms with Gasteiger partial charge in [-0.15, -0.1) is 0 Å². The summed E-state index contributed by atoms with van der Waals surface area (Å²) in [5.41, 5.74) is 1.00. The van der Waals surface area contributed by atoms with Crippen molar-refractivity contribution >= 4 is 12.0 Å². The van der Waals surface area contributed by atoms with E-state index in [1.165, 1.54) is 12.1 Å². The summed E-state index contributed by atoms with van der Waals surface area (Å²) in [6.07, 6.45) is -0.454. The van der Waals surface area contributed by atoms with Gasteiger partial charge in [-0.05, 0) is 44.0 Å². The number of carbonyl (C=O) groups excluding carboxylic acids is 2. The van der Waals surface area contributed by atoms with Gasteiger partial charge in [0, 0.05) is 13.0 Å². The molecule has 2 N–H and O–H groups in total. The molecule has 2 amide bonds. The summed E-state index contributed by atoms with van der Waals surface area (Å²) < 4.78 is 18.4. The lowest BCUT2D eigenvalue weighted by atomic mass is 10.1. The fraction of sp³-hybridized carbons (Fsp3) is 0.333. The van der Waals surface area contributed by atoms with E-state index in [4.69, 9.17) is 4.74 Å². The first-order chi connectivity index (χ1) is 12.7. The minimum Gasteiger partial charge on any atom is -0.444 e. The topological polar surface area (TPSA) is 67.4 Å². The molecule has 2 aromatic rings. The number of halogens is 1. The van der Waals surface area contributed by atoms with Crippen molar-refractivity contribution in [3.63, 3.8) is 0 Å². The van der Waals surface area contributed by atoms with Gasteiger partial charge in [0.15, 0.2) is 0 Å². The van der Waals surface area contributed by atoms with Gasteiger partial charge >= 0.3 is 6.09 Å². The maximum Gasteiger partial charge on any atom is 0.408 e. The monoisotopic (exact) mass is 372 g/mol. The van der Waals surface area contributed by atoms with E-state index in [1.54, 1.807) is 32.9 Å². The van der Waals surface area contributed by atoms with Crippen molar-refractivity contribution in [3.8, 4) is 0 Å². The van der Waals surface area contributed by atoms with Crippen molar-refractivity contribution < 1.29 is 18.7 Å². The minimum atomic E-state index is -0.839. The standard InChI is InChI=1S/C21H25FN2O3/c1-21(2,3)27-20(26)24-18(13-15-9-11-17(22)12-10-15)19(25)23-14-16-7-5-4-6-8-16/h4-12,18H,13-14H2,1-3H3,(H,23,25)(H,24,26). The van der Waals surface area contributed by atoms with Crippen molar-refractivity contribution in [2.75, 3.05) is 0 Å². The zero-order valence-corrected chi connectivity index (χ0v) is 15.8. The van der Waals surface area contributed by atoms with E-state index in [9.17, 15) is 14.0 Å². The number of amides is 2. The third-order valence-electron chi connectivity index (χ3n) is 3.67. The van der Waals surface area contributed by atoms with Crippen LogP contribution in [0.25, 0.3) is 0 Å². The average molecular weight is 372 g/mol. The normalized spacial score (nSPS) is 12.1. The number of hydrogen-bond acceptors (Lipinski definition) is 3. The Hall–Kier alpha value is -2.89. The molecule has 0 bridgehead atoms. The SMILES string of the molecule is CC(C)(C)OC(=O)NC(Cc1ccc(F)cc1)C(=O)NCc1ccccc1. The highest BCUT2D eigenvalue weighted by atomic mass is 19.1. The van der Waals surface area contributed by atoms with Crippen LogP contribution in [0, 0.1) is 5.82 Å². The molecule has 0 heterocycles. The Kier molecular flexibility index (Phi) is 6.93. The molecule has 0 fully saturated rings. The lowest BCUT2D eigenvalue weighted by Gasteiger charge is -2.23. The highest BCUT2D eigenvalue weighted by molar-refractivity contribution is 5.86. The zero-order valence-electron chi connectivity index (χ0n) is 15.8. The molecule has 0 spiro atoms. The van der Waals surface area contributed by atoms with Crippen molar-refractivity contribution in [1.82, 2.24) is 10.6 Å². The molecule has 0 aromatic heterocycles. The lowest BCUT2D eigenvalue weighted by molar-refractivity contribution is -0.123. The van der Waals surface area contributed by atoms with Gasteiger partial charge in [0.05, 0.1) is 0 Å². The Morgan fingerprint density at radius 3 is 2.22 bits per heavy atom. The summed E-state index contributed by atoms with van der Waals surface area (Å²) in [5.74, 6) is -0.696. The van der Waals surface area contributed by atoms with E-state index in [0.717, 1.165) is 11.1 Å². The molecule has 1 atom stereocenters.